The summed E-state index contributed by atoms with van der Waals surface area (Å²) >= 11 is 0. The van der Waals surface area contributed by atoms with Crippen LogP contribution in [0.5, 0.6) is 0 Å². The van der Waals surface area contributed by atoms with Gasteiger partial charge in [-0.25, -0.2) is 0 Å². The van der Waals surface area contributed by atoms with Gasteiger partial charge in [-0.2, -0.15) is 0 Å². The third-order valence-electron chi connectivity index (χ3n) is 3.25. The lowest BCUT2D eigenvalue weighted by Gasteiger charge is -2.17. The molecule has 1 nitrogen and oxygen atoms in total. The van der Waals surface area contributed by atoms with Crippen molar-refractivity contribution in [3.8, 4) is 0 Å². The van der Waals surface area contributed by atoms with Gasteiger partial charge >= 0.3 is 0 Å². The first-order valence-electron chi connectivity index (χ1n) is 6.01. The maximum Gasteiger partial charge on any atom is 0.0312 e. The lowest BCUT2D eigenvalue weighted by molar-refractivity contribution is 0.636. The van der Waals surface area contributed by atoms with Crippen molar-refractivity contribution in [1.82, 2.24) is 5.32 Å². The van der Waals surface area contributed by atoms with Crippen LogP contribution in [-0.4, -0.2) is 13.1 Å². The molecule has 1 unspecified atom stereocenters. The Morgan fingerprint density at radius 1 is 1.18 bits per heavy atom. The maximum atomic E-state index is 4.04. The highest BCUT2D eigenvalue weighted by molar-refractivity contribution is 5.85. The van der Waals surface area contributed by atoms with Gasteiger partial charge in [0, 0.05) is 6.04 Å². The Morgan fingerprint density at radius 2 is 1.88 bits per heavy atom. The number of fused-ring (bicyclic) bond motifs is 1. The molecule has 0 saturated carbocycles. The lowest BCUT2D eigenvalue weighted by atomic mass is 9.96. The molecule has 0 saturated heterocycles. The molecular weight excluding hydrogens is 206 g/mol. The molecule has 2 rings (SSSR count). The first-order chi connectivity index (χ1) is 8.22. The molecule has 0 aliphatic carbocycles. The van der Waals surface area contributed by atoms with Gasteiger partial charge in [-0.3, -0.25) is 0 Å². The van der Waals surface area contributed by atoms with Gasteiger partial charge in [0.2, 0.25) is 0 Å². The molecular formula is C16H19N. The molecule has 0 aliphatic heterocycles. The summed E-state index contributed by atoms with van der Waals surface area (Å²) in [5.41, 5.74) is 2.56. The smallest absolute Gasteiger partial charge is 0.0312 e. The van der Waals surface area contributed by atoms with Gasteiger partial charge in [-0.15, -0.1) is 0 Å². The average Bonchev–Trinajstić information content (AvgIpc) is 2.35. The molecule has 88 valence electrons. The predicted molar refractivity (Wildman–Crippen MR) is 75.3 cm³/mol. The van der Waals surface area contributed by atoms with E-state index in [9.17, 15) is 0 Å². The van der Waals surface area contributed by atoms with E-state index in [2.05, 4.69) is 61.3 Å². The van der Waals surface area contributed by atoms with E-state index in [4.69, 9.17) is 0 Å². The van der Waals surface area contributed by atoms with Crippen molar-refractivity contribution < 1.29 is 0 Å². The molecule has 0 fully saturated rings. The summed E-state index contributed by atoms with van der Waals surface area (Å²) in [4.78, 5) is 0. The van der Waals surface area contributed by atoms with Crippen molar-refractivity contribution >= 4 is 10.8 Å². The molecule has 2 aromatic carbocycles. The SMILES string of the molecule is C=C(C)C(Cc1cccc2ccccc12)NC. The Hall–Kier alpha value is -1.60. The quantitative estimate of drug-likeness (QED) is 0.785. The number of hydrogen-bond donors (Lipinski definition) is 1. The minimum absolute atomic E-state index is 0.348. The molecule has 1 atom stereocenters. The van der Waals surface area contributed by atoms with Crippen molar-refractivity contribution in [3.05, 3.63) is 60.2 Å². The Balaban J connectivity index is 2.38. The fraction of sp³-hybridized carbons (Fsp3) is 0.250. The molecule has 0 radical (unpaired) electrons. The number of nitrogens with one attached hydrogen (secondary N) is 1. The Morgan fingerprint density at radius 3 is 2.59 bits per heavy atom. The van der Waals surface area contributed by atoms with E-state index in [0.29, 0.717) is 6.04 Å². The van der Waals surface area contributed by atoms with Gasteiger partial charge in [0.15, 0.2) is 0 Å². The summed E-state index contributed by atoms with van der Waals surface area (Å²) in [5, 5.41) is 5.97. The van der Waals surface area contributed by atoms with Gasteiger partial charge in [-0.1, -0.05) is 54.6 Å². The summed E-state index contributed by atoms with van der Waals surface area (Å²) in [6.45, 7) is 6.12. The van der Waals surface area contributed by atoms with Crippen LogP contribution in [0.15, 0.2) is 54.6 Å². The third kappa shape index (κ3) is 2.56. The topological polar surface area (TPSA) is 12.0 Å². The summed E-state index contributed by atoms with van der Waals surface area (Å²) in [6.07, 6.45) is 0.993. The normalized spacial score (nSPS) is 12.6. The Kier molecular flexibility index (Phi) is 3.60. The zero-order chi connectivity index (χ0) is 12.3. The molecule has 0 heterocycles. The highest BCUT2D eigenvalue weighted by Gasteiger charge is 2.09. The zero-order valence-electron chi connectivity index (χ0n) is 10.5. The highest BCUT2D eigenvalue weighted by atomic mass is 14.9. The molecule has 0 spiro atoms. The second kappa shape index (κ2) is 5.15. The van der Waals surface area contributed by atoms with Crippen LogP contribution >= 0.6 is 0 Å². The number of rotatable bonds is 4. The van der Waals surface area contributed by atoms with E-state index in [1.165, 1.54) is 21.9 Å². The summed E-state index contributed by atoms with van der Waals surface area (Å²) < 4.78 is 0. The van der Waals surface area contributed by atoms with Gasteiger partial charge in [-0.05, 0) is 36.7 Å². The van der Waals surface area contributed by atoms with Crippen LogP contribution in [0.2, 0.25) is 0 Å². The second-order valence-electron chi connectivity index (χ2n) is 4.53. The molecule has 0 bridgehead atoms. The van der Waals surface area contributed by atoms with Crippen molar-refractivity contribution in [1.29, 1.82) is 0 Å². The maximum absolute atomic E-state index is 4.04. The first-order valence-corrected chi connectivity index (χ1v) is 6.01. The average molecular weight is 225 g/mol. The zero-order valence-corrected chi connectivity index (χ0v) is 10.5. The first kappa shape index (κ1) is 11.9. The predicted octanol–water partition coefficient (Wildman–Crippen LogP) is 3.55. The van der Waals surface area contributed by atoms with Crippen molar-refractivity contribution in [2.45, 2.75) is 19.4 Å². The van der Waals surface area contributed by atoms with Crippen LogP contribution in [0.25, 0.3) is 10.8 Å². The Labute approximate surface area is 103 Å². The van der Waals surface area contributed by atoms with Gasteiger partial charge in [0.1, 0.15) is 0 Å². The summed E-state index contributed by atoms with van der Waals surface area (Å²) in [6, 6.07) is 15.4. The fourth-order valence-electron chi connectivity index (χ4n) is 2.21. The van der Waals surface area contributed by atoms with Crippen molar-refractivity contribution in [3.63, 3.8) is 0 Å². The molecule has 0 aromatic heterocycles. The monoisotopic (exact) mass is 225 g/mol. The standard InChI is InChI=1S/C16H19N/c1-12(2)16(17-3)11-14-9-6-8-13-7-4-5-10-15(13)14/h4-10,16-17H,1,11H2,2-3H3. The van der Waals surface area contributed by atoms with E-state index >= 15 is 0 Å². The number of benzene rings is 2. The van der Waals surface area contributed by atoms with Gasteiger partial charge < -0.3 is 5.32 Å². The van der Waals surface area contributed by atoms with Crippen molar-refractivity contribution in [2.24, 2.45) is 0 Å². The molecule has 0 aliphatic rings. The van der Waals surface area contributed by atoms with E-state index in [1.807, 2.05) is 7.05 Å². The largest absolute Gasteiger partial charge is 0.313 e. The van der Waals surface area contributed by atoms with Crippen LogP contribution in [0.4, 0.5) is 0 Å². The molecule has 1 heteroatoms. The number of hydrogen-bond acceptors (Lipinski definition) is 1. The fourth-order valence-corrected chi connectivity index (χ4v) is 2.21. The second-order valence-corrected chi connectivity index (χ2v) is 4.53. The van der Waals surface area contributed by atoms with Crippen LogP contribution in [-0.2, 0) is 6.42 Å². The minimum Gasteiger partial charge on any atom is -0.313 e. The van der Waals surface area contributed by atoms with E-state index in [1.54, 1.807) is 0 Å². The highest BCUT2D eigenvalue weighted by Crippen LogP contribution is 2.20. The summed E-state index contributed by atoms with van der Waals surface area (Å²) in [7, 11) is 1.99. The minimum atomic E-state index is 0.348. The van der Waals surface area contributed by atoms with Gasteiger partial charge in [0.25, 0.3) is 0 Å². The van der Waals surface area contributed by atoms with Crippen LogP contribution in [0.1, 0.15) is 12.5 Å². The van der Waals surface area contributed by atoms with Crippen LogP contribution in [0, 0.1) is 0 Å². The van der Waals surface area contributed by atoms with E-state index in [-0.39, 0.29) is 0 Å². The van der Waals surface area contributed by atoms with Crippen LogP contribution < -0.4 is 5.32 Å². The summed E-state index contributed by atoms with van der Waals surface area (Å²) in [5.74, 6) is 0. The molecule has 17 heavy (non-hydrogen) atoms. The lowest BCUT2D eigenvalue weighted by Crippen LogP contribution is -2.28. The molecule has 1 N–H and O–H groups in total. The third-order valence-corrected chi connectivity index (χ3v) is 3.25. The molecule has 2 aromatic rings. The van der Waals surface area contributed by atoms with E-state index < -0.39 is 0 Å². The number of likely N-dealkylation sites (N-methyl/N-ethyl adjacent to an activating group) is 1. The van der Waals surface area contributed by atoms with Crippen LogP contribution in [0.3, 0.4) is 0 Å². The van der Waals surface area contributed by atoms with E-state index in [0.717, 1.165) is 6.42 Å². The van der Waals surface area contributed by atoms with Crippen molar-refractivity contribution in [2.75, 3.05) is 7.05 Å². The Bertz CT molecular complexity index is 523. The van der Waals surface area contributed by atoms with Gasteiger partial charge in [0.05, 0.1) is 0 Å². The molecule has 0 amide bonds.